The zero-order valence-corrected chi connectivity index (χ0v) is 16.4. The second-order valence-electron chi connectivity index (χ2n) is 7.61. The van der Waals surface area contributed by atoms with Crippen molar-refractivity contribution in [3.63, 3.8) is 0 Å². The fourth-order valence-corrected chi connectivity index (χ4v) is 4.31. The number of hydrogen-bond acceptors (Lipinski definition) is 4. The molecule has 4 rings (SSSR count). The fourth-order valence-electron chi connectivity index (χ4n) is 4.31. The van der Waals surface area contributed by atoms with Crippen LogP contribution in [0.25, 0.3) is 0 Å². The molecule has 2 aliphatic heterocycles. The molecule has 0 saturated carbocycles. The lowest BCUT2D eigenvalue weighted by Crippen LogP contribution is -2.34. The molecule has 2 aromatic rings. The van der Waals surface area contributed by atoms with Gasteiger partial charge in [-0.05, 0) is 24.8 Å². The Hall–Kier alpha value is -2.70. The lowest BCUT2D eigenvalue weighted by Gasteiger charge is -2.24. The van der Waals surface area contributed by atoms with E-state index < -0.39 is 0 Å². The van der Waals surface area contributed by atoms with Gasteiger partial charge in [0.15, 0.2) is 5.82 Å². The molecule has 1 aromatic heterocycles. The summed E-state index contributed by atoms with van der Waals surface area (Å²) in [6.07, 6.45) is 3.92. The minimum atomic E-state index is 0.0130. The molecule has 148 valence electrons. The molecule has 7 nitrogen and oxygen atoms in total. The molecule has 3 heterocycles. The summed E-state index contributed by atoms with van der Waals surface area (Å²) < 4.78 is 2.14. The van der Waals surface area contributed by atoms with Crippen molar-refractivity contribution in [2.24, 2.45) is 0 Å². The van der Waals surface area contributed by atoms with Gasteiger partial charge >= 0.3 is 0 Å². The van der Waals surface area contributed by atoms with Crippen LogP contribution in [0, 0.1) is 0 Å². The summed E-state index contributed by atoms with van der Waals surface area (Å²) in [5.41, 5.74) is 1.19. The van der Waals surface area contributed by atoms with Gasteiger partial charge in [-0.2, -0.15) is 0 Å². The molecule has 0 radical (unpaired) electrons. The molecule has 0 bridgehead atoms. The summed E-state index contributed by atoms with van der Waals surface area (Å²) in [7, 11) is 0. The largest absolute Gasteiger partial charge is 0.340 e. The number of carbonyl (C=O) groups is 2. The summed E-state index contributed by atoms with van der Waals surface area (Å²) in [4.78, 5) is 28.5. The number of amides is 2. The monoisotopic (exact) mass is 381 g/mol. The summed E-state index contributed by atoms with van der Waals surface area (Å²) in [5, 5.41) is 8.80. The normalized spacial score (nSPS) is 19.4. The van der Waals surface area contributed by atoms with E-state index in [1.807, 2.05) is 28.0 Å². The second-order valence-corrected chi connectivity index (χ2v) is 7.61. The third kappa shape index (κ3) is 3.79. The number of benzene rings is 1. The van der Waals surface area contributed by atoms with Crippen molar-refractivity contribution in [3.8, 4) is 0 Å². The summed E-state index contributed by atoms with van der Waals surface area (Å²) in [6, 6.07) is 10.1. The van der Waals surface area contributed by atoms with E-state index in [1.54, 1.807) is 6.92 Å². The van der Waals surface area contributed by atoms with E-state index in [0.29, 0.717) is 32.5 Å². The number of fused-ring (bicyclic) bond motifs is 1. The highest BCUT2D eigenvalue weighted by Crippen LogP contribution is 2.31. The highest BCUT2D eigenvalue weighted by molar-refractivity contribution is 5.76. The number of aryl methyl sites for hydroxylation is 1. The van der Waals surface area contributed by atoms with Crippen LogP contribution in [0.4, 0.5) is 0 Å². The number of nitrogens with zero attached hydrogens (tertiary/aromatic N) is 5. The Morgan fingerprint density at radius 1 is 1.07 bits per heavy atom. The van der Waals surface area contributed by atoms with Gasteiger partial charge in [-0.25, -0.2) is 0 Å². The molecule has 1 unspecified atom stereocenters. The summed E-state index contributed by atoms with van der Waals surface area (Å²) >= 11 is 0. The third-order valence-electron chi connectivity index (χ3n) is 5.83. The minimum Gasteiger partial charge on any atom is -0.340 e. The average molecular weight is 381 g/mol. The van der Waals surface area contributed by atoms with Gasteiger partial charge in [0.25, 0.3) is 0 Å². The molecule has 2 amide bonds. The standard InChI is InChI=1S/C21H27N5O2/c1-16(27)25-12-5-8-18(25)21-23-22-19-11-13-24(14-15-26(19)21)20(28)10-9-17-6-3-2-4-7-17/h2-4,6-7,18H,5,8-15H2,1H3. The zero-order chi connectivity index (χ0) is 19.5. The third-order valence-corrected chi connectivity index (χ3v) is 5.83. The average Bonchev–Trinajstić information content (AvgIpc) is 3.29. The van der Waals surface area contributed by atoms with E-state index in [9.17, 15) is 9.59 Å². The molecule has 1 aromatic carbocycles. The molecule has 1 saturated heterocycles. The molecule has 28 heavy (non-hydrogen) atoms. The quantitative estimate of drug-likeness (QED) is 0.812. The summed E-state index contributed by atoms with van der Waals surface area (Å²) in [5.74, 6) is 2.08. The Morgan fingerprint density at radius 2 is 1.89 bits per heavy atom. The maximum absolute atomic E-state index is 12.7. The van der Waals surface area contributed by atoms with Crippen molar-refractivity contribution in [1.29, 1.82) is 0 Å². The van der Waals surface area contributed by atoms with Gasteiger partial charge in [0.05, 0.1) is 6.04 Å². The SMILES string of the molecule is CC(=O)N1CCCC1c1nnc2n1CCN(C(=O)CCc1ccccc1)CC2. The zero-order valence-electron chi connectivity index (χ0n) is 16.4. The van der Waals surface area contributed by atoms with Gasteiger partial charge in [0.1, 0.15) is 5.82 Å². The number of aromatic nitrogens is 3. The molecule has 1 atom stereocenters. The van der Waals surface area contributed by atoms with E-state index in [1.165, 1.54) is 5.56 Å². The highest BCUT2D eigenvalue weighted by atomic mass is 16.2. The molecular formula is C21H27N5O2. The van der Waals surface area contributed by atoms with E-state index in [-0.39, 0.29) is 17.9 Å². The van der Waals surface area contributed by atoms with Gasteiger partial charge in [0.2, 0.25) is 11.8 Å². The van der Waals surface area contributed by atoms with Gasteiger partial charge in [-0.15, -0.1) is 10.2 Å². The van der Waals surface area contributed by atoms with E-state index >= 15 is 0 Å². The van der Waals surface area contributed by atoms with E-state index in [0.717, 1.165) is 37.5 Å². The maximum atomic E-state index is 12.7. The van der Waals surface area contributed by atoms with Gasteiger partial charge in [-0.1, -0.05) is 30.3 Å². The van der Waals surface area contributed by atoms with Crippen LogP contribution in [0.3, 0.4) is 0 Å². The van der Waals surface area contributed by atoms with Crippen molar-refractivity contribution in [1.82, 2.24) is 24.6 Å². The summed E-state index contributed by atoms with van der Waals surface area (Å²) in [6.45, 7) is 4.43. The van der Waals surface area contributed by atoms with Gasteiger partial charge < -0.3 is 14.4 Å². The van der Waals surface area contributed by atoms with Crippen LogP contribution < -0.4 is 0 Å². The fraction of sp³-hybridized carbons (Fsp3) is 0.524. The Kier molecular flexibility index (Phi) is 5.41. The van der Waals surface area contributed by atoms with Crippen LogP contribution in [0.15, 0.2) is 30.3 Å². The molecule has 0 aliphatic carbocycles. The molecule has 7 heteroatoms. The van der Waals surface area contributed by atoms with Crippen LogP contribution >= 0.6 is 0 Å². The number of likely N-dealkylation sites (tertiary alicyclic amines) is 1. The first-order chi connectivity index (χ1) is 13.6. The van der Waals surface area contributed by atoms with Gasteiger partial charge in [-0.3, -0.25) is 9.59 Å². The van der Waals surface area contributed by atoms with Crippen molar-refractivity contribution in [2.75, 3.05) is 19.6 Å². The predicted octanol–water partition coefficient (Wildman–Crippen LogP) is 1.98. The number of hydrogen-bond donors (Lipinski definition) is 0. The van der Waals surface area contributed by atoms with Crippen molar-refractivity contribution >= 4 is 11.8 Å². The van der Waals surface area contributed by atoms with Crippen molar-refractivity contribution in [3.05, 3.63) is 47.5 Å². The van der Waals surface area contributed by atoms with E-state index in [4.69, 9.17) is 0 Å². The molecule has 0 N–H and O–H groups in total. The lowest BCUT2D eigenvalue weighted by molar-refractivity contribution is -0.131. The lowest BCUT2D eigenvalue weighted by atomic mass is 10.1. The predicted molar refractivity (Wildman–Crippen MR) is 104 cm³/mol. The first-order valence-electron chi connectivity index (χ1n) is 10.1. The first kappa shape index (κ1) is 18.7. The van der Waals surface area contributed by atoms with Crippen molar-refractivity contribution < 1.29 is 9.59 Å². The van der Waals surface area contributed by atoms with Crippen molar-refractivity contribution in [2.45, 2.75) is 51.6 Å². The van der Waals surface area contributed by atoms with Crippen LogP contribution in [0.2, 0.25) is 0 Å². The Labute approximate surface area is 165 Å². The number of carbonyl (C=O) groups excluding carboxylic acids is 2. The first-order valence-corrected chi connectivity index (χ1v) is 10.1. The maximum Gasteiger partial charge on any atom is 0.222 e. The molecule has 1 fully saturated rings. The smallest absolute Gasteiger partial charge is 0.222 e. The molecular weight excluding hydrogens is 354 g/mol. The Bertz CT molecular complexity index is 848. The van der Waals surface area contributed by atoms with Crippen LogP contribution in [0.5, 0.6) is 0 Å². The Morgan fingerprint density at radius 3 is 2.68 bits per heavy atom. The van der Waals surface area contributed by atoms with Crippen LogP contribution in [-0.2, 0) is 29.0 Å². The van der Waals surface area contributed by atoms with Crippen LogP contribution in [0.1, 0.15) is 49.4 Å². The van der Waals surface area contributed by atoms with Crippen LogP contribution in [-0.4, -0.2) is 56.0 Å². The second kappa shape index (κ2) is 8.12. The highest BCUT2D eigenvalue weighted by Gasteiger charge is 2.33. The van der Waals surface area contributed by atoms with E-state index in [2.05, 4.69) is 26.9 Å². The Balaban J connectivity index is 1.41. The molecule has 0 spiro atoms. The number of rotatable bonds is 4. The topological polar surface area (TPSA) is 71.3 Å². The molecule has 2 aliphatic rings. The van der Waals surface area contributed by atoms with Gasteiger partial charge in [0, 0.05) is 45.9 Å². The minimum absolute atomic E-state index is 0.0130.